The van der Waals surface area contributed by atoms with Crippen LogP contribution in [0, 0.1) is 0 Å². The summed E-state index contributed by atoms with van der Waals surface area (Å²) in [6, 6.07) is 13.7. The minimum atomic E-state index is -0.102. The molecule has 1 aliphatic rings. The highest BCUT2D eigenvalue weighted by atomic mass is 79.9. The largest absolute Gasteiger partial charge is 0.485 e. The topological polar surface area (TPSA) is 35.2 Å². The molecule has 0 saturated carbocycles. The highest BCUT2D eigenvalue weighted by molar-refractivity contribution is 9.10. The highest BCUT2D eigenvalue weighted by Crippen LogP contribution is 2.41. The summed E-state index contributed by atoms with van der Waals surface area (Å²) in [5.74, 6) is 0.849. The summed E-state index contributed by atoms with van der Waals surface area (Å²) in [6.07, 6.45) is 0.627. The smallest absolute Gasteiger partial charge is 0.127 e. The number of fused-ring (bicyclic) bond motifs is 1. The van der Waals surface area contributed by atoms with Crippen LogP contribution in [0.25, 0.3) is 0 Å². The van der Waals surface area contributed by atoms with Crippen LogP contribution in [0.15, 0.2) is 46.9 Å². The maximum atomic E-state index is 6.26. The SMILES string of the molecule is N[C@H]1CC(c2cc(Br)ccc2Cl)Oc2ccccc21. The lowest BCUT2D eigenvalue weighted by Crippen LogP contribution is -2.24. The Labute approximate surface area is 125 Å². The second-order valence-corrected chi connectivity index (χ2v) is 5.98. The van der Waals surface area contributed by atoms with E-state index in [0.29, 0.717) is 5.02 Å². The highest BCUT2D eigenvalue weighted by Gasteiger charge is 2.28. The predicted octanol–water partition coefficient (Wildman–Crippen LogP) is 4.63. The van der Waals surface area contributed by atoms with Crippen molar-refractivity contribution < 1.29 is 4.74 Å². The van der Waals surface area contributed by atoms with Gasteiger partial charge in [-0.15, -0.1) is 0 Å². The van der Waals surface area contributed by atoms with Crippen LogP contribution in [0.1, 0.15) is 29.7 Å². The molecule has 1 unspecified atom stereocenters. The zero-order chi connectivity index (χ0) is 13.4. The Morgan fingerprint density at radius 3 is 2.79 bits per heavy atom. The number of rotatable bonds is 1. The zero-order valence-electron chi connectivity index (χ0n) is 10.1. The molecule has 0 amide bonds. The van der Waals surface area contributed by atoms with Gasteiger partial charge in [-0.1, -0.05) is 45.7 Å². The van der Waals surface area contributed by atoms with Crippen molar-refractivity contribution in [2.24, 2.45) is 5.73 Å². The second kappa shape index (κ2) is 5.16. The van der Waals surface area contributed by atoms with Gasteiger partial charge in [0.15, 0.2) is 0 Å². The second-order valence-electron chi connectivity index (χ2n) is 4.65. The molecular weight excluding hydrogens is 326 g/mol. The minimum Gasteiger partial charge on any atom is -0.485 e. The molecule has 2 aromatic carbocycles. The molecule has 2 N–H and O–H groups in total. The molecular formula is C15H13BrClNO. The molecule has 0 aliphatic carbocycles. The first-order valence-corrected chi connectivity index (χ1v) is 7.28. The Hall–Kier alpha value is -1.03. The molecule has 0 bridgehead atoms. The van der Waals surface area contributed by atoms with Gasteiger partial charge in [0.05, 0.1) is 0 Å². The fraction of sp³-hybridized carbons (Fsp3) is 0.200. The van der Waals surface area contributed by atoms with E-state index in [1.165, 1.54) is 0 Å². The molecule has 98 valence electrons. The molecule has 0 saturated heterocycles. The number of halogens is 2. The van der Waals surface area contributed by atoms with Crippen LogP contribution in [0.4, 0.5) is 0 Å². The molecule has 2 atom stereocenters. The fourth-order valence-corrected chi connectivity index (χ4v) is 3.02. The van der Waals surface area contributed by atoms with E-state index in [9.17, 15) is 0 Å². The summed E-state index contributed by atoms with van der Waals surface area (Å²) in [5, 5.41) is 0.708. The average Bonchev–Trinajstić information content (AvgIpc) is 2.41. The third kappa shape index (κ3) is 2.50. The van der Waals surface area contributed by atoms with Crippen LogP contribution in [0.5, 0.6) is 5.75 Å². The fourth-order valence-electron chi connectivity index (χ4n) is 2.40. The first-order valence-electron chi connectivity index (χ1n) is 6.11. The molecule has 2 nitrogen and oxygen atoms in total. The van der Waals surface area contributed by atoms with Crippen molar-refractivity contribution in [3.63, 3.8) is 0 Å². The molecule has 1 aliphatic heterocycles. The van der Waals surface area contributed by atoms with Crippen molar-refractivity contribution in [2.45, 2.75) is 18.6 Å². The molecule has 3 rings (SSSR count). The van der Waals surface area contributed by atoms with Crippen LogP contribution in [0.3, 0.4) is 0 Å². The van der Waals surface area contributed by atoms with Gasteiger partial charge >= 0.3 is 0 Å². The number of para-hydroxylation sites is 1. The van der Waals surface area contributed by atoms with Crippen LogP contribution in [0.2, 0.25) is 5.02 Å². The van der Waals surface area contributed by atoms with Gasteiger partial charge in [-0.05, 0) is 24.3 Å². The van der Waals surface area contributed by atoms with Gasteiger partial charge in [0.2, 0.25) is 0 Å². The van der Waals surface area contributed by atoms with E-state index in [0.717, 1.165) is 27.8 Å². The maximum Gasteiger partial charge on any atom is 0.127 e. The molecule has 0 spiro atoms. The van der Waals surface area contributed by atoms with Crippen LogP contribution >= 0.6 is 27.5 Å². The quantitative estimate of drug-likeness (QED) is 0.823. The number of ether oxygens (including phenoxy) is 1. The lowest BCUT2D eigenvalue weighted by Gasteiger charge is -2.31. The van der Waals surface area contributed by atoms with Gasteiger partial charge in [0, 0.05) is 33.1 Å². The van der Waals surface area contributed by atoms with E-state index in [-0.39, 0.29) is 12.1 Å². The van der Waals surface area contributed by atoms with E-state index in [1.54, 1.807) is 0 Å². The number of nitrogens with two attached hydrogens (primary N) is 1. The summed E-state index contributed by atoms with van der Waals surface area (Å²) in [5.41, 5.74) is 8.26. The summed E-state index contributed by atoms with van der Waals surface area (Å²) < 4.78 is 7.03. The number of hydrogen-bond acceptors (Lipinski definition) is 2. The summed E-state index contributed by atoms with van der Waals surface area (Å²) >= 11 is 9.73. The average molecular weight is 339 g/mol. The molecule has 4 heteroatoms. The predicted molar refractivity (Wildman–Crippen MR) is 80.5 cm³/mol. The van der Waals surface area contributed by atoms with Gasteiger partial charge in [0.25, 0.3) is 0 Å². The van der Waals surface area contributed by atoms with Crippen molar-refractivity contribution in [3.8, 4) is 5.75 Å². The standard InChI is InChI=1S/C15H13BrClNO/c16-9-5-6-12(17)11(7-9)15-8-13(18)10-3-1-2-4-14(10)19-15/h1-7,13,15H,8,18H2/t13-,15?/m0/s1. The molecule has 2 aromatic rings. The first-order chi connectivity index (χ1) is 9.15. The van der Waals surface area contributed by atoms with E-state index < -0.39 is 0 Å². The van der Waals surface area contributed by atoms with Gasteiger partial charge in [-0.2, -0.15) is 0 Å². The van der Waals surface area contributed by atoms with Gasteiger partial charge in [-0.25, -0.2) is 0 Å². The van der Waals surface area contributed by atoms with E-state index in [4.69, 9.17) is 22.1 Å². The van der Waals surface area contributed by atoms with E-state index >= 15 is 0 Å². The van der Waals surface area contributed by atoms with E-state index in [2.05, 4.69) is 15.9 Å². The van der Waals surface area contributed by atoms with Crippen molar-refractivity contribution >= 4 is 27.5 Å². The Balaban J connectivity index is 1.99. The van der Waals surface area contributed by atoms with Crippen molar-refractivity contribution in [1.29, 1.82) is 0 Å². The van der Waals surface area contributed by atoms with Crippen molar-refractivity contribution in [3.05, 3.63) is 63.1 Å². The van der Waals surface area contributed by atoms with Crippen molar-refractivity contribution in [2.75, 3.05) is 0 Å². The van der Waals surface area contributed by atoms with Crippen LogP contribution < -0.4 is 10.5 Å². The van der Waals surface area contributed by atoms with Gasteiger partial charge in [-0.3, -0.25) is 0 Å². The lowest BCUT2D eigenvalue weighted by molar-refractivity contribution is 0.161. The monoisotopic (exact) mass is 337 g/mol. The summed E-state index contributed by atoms with van der Waals surface area (Å²) in [4.78, 5) is 0. The summed E-state index contributed by atoms with van der Waals surface area (Å²) in [6.45, 7) is 0. The molecule has 19 heavy (non-hydrogen) atoms. The normalized spacial score (nSPS) is 21.6. The Morgan fingerprint density at radius 1 is 1.16 bits per heavy atom. The Bertz CT molecular complexity index is 617. The lowest BCUT2D eigenvalue weighted by atomic mass is 9.93. The maximum absolute atomic E-state index is 6.26. The molecule has 1 heterocycles. The number of benzene rings is 2. The number of hydrogen-bond donors (Lipinski definition) is 1. The third-order valence-corrected chi connectivity index (χ3v) is 4.20. The first kappa shape index (κ1) is 13.0. The summed E-state index contributed by atoms with van der Waals surface area (Å²) in [7, 11) is 0. The van der Waals surface area contributed by atoms with Crippen LogP contribution in [-0.2, 0) is 0 Å². The minimum absolute atomic E-state index is 0.0231. The molecule has 0 fully saturated rings. The van der Waals surface area contributed by atoms with Crippen LogP contribution in [-0.4, -0.2) is 0 Å². The Kier molecular flexibility index (Phi) is 3.52. The van der Waals surface area contributed by atoms with Gasteiger partial charge in [0.1, 0.15) is 11.9 Å². The van der Waals surface area contributed by atoms with E-state index in [1.807, 2.05) is 42.5 Å². The zero-order valence-corrected chi connectivity index (χ0v) is 12.5. The van der Waals surface area contributed by atoms with Gasteiger partial charge < -0.3 is 10.5 Å². The third-order valence-electron chi connectivity index (χ3n) is 3.36. The molecule has 0 radical (unpaired) electrons. The Morgan fingerprint density at radius 2 is 1.95 bits per heavy atom. The van der Waals surface area contributed by atoms with Crippen molar-refractivity contribution in [1.82, 2.24) is 0 Å². The molecule has 0 aromatic heterocycles.